The molecule has 2 aromatic rings. The lowest BCUT2D eigenvalue weighted by Gasteiger charge is -2.31. The maximum atomic E-state index is 9.86. The Morgan fingerprint density at radius 1 is 1.05 bits per heavy atom. The Morgan fingerprint density at radius 2 is 1.62 bits per heavy atom. The highest BCUT2D eigenvalue weighted by Crippen LogP contribution is 2.28. The van der Waals surface area contributed by atoms with Crippen LogP contribution >= 0.6 is 15.9 Å². The highest BCUT2D eigenvalue weighted by atomic mass is 79.9. The van der Waals surface area contributed by atoms with E-state index in [1.165, 1.54) is 5.56 Å². The second kappa shape index (κ2) is 6.63. The van der Waals surface area contributed by atoms with E-state index < -0.39 is 5.54 Å². The van der Waals surface area contributed by atoms with Crippen LogP contribution in [-0.4, -0.2) is 11.7 Å². The van der Waals surface area contributed by atoms with Crippen molar-refractivity contribution >= 4 is 21.6 Å². The lowest BCUT2D eigenvalue weighted by Crippen LogP contribution is -2.35. The topological polar surface area (TPSA) is 32.3 Å². The number of aliphatic hydroxyl groups is 1. The zero-order valence-corrected chi connectivity index (χ0v) is 14.3. The molecular formula is C18H22BrNO. The van der Waals surface area contributed by atoms with Gasteiger partial charge in [-0.25, -0.2) is 0 Å². The monoisotopic (exact) mass is 347 g/mol. The van der Waals surface area contributed by atoms with Crippen molar-refractivity contribution in [3.05, 3.63) is 64.1 Å². The molecule has 2 rings (SSSR count). The number of anilines is 1. The van der Waals surface area contributed by atoms with Crippen LogP contribution in [0.3, 0.4) is 0 Å². The lowest BCUT2D eigenvalue weighted by atomic mass is 9.90. The Kier molecular flexibility index (Phi) is 5.07. The maximum Gasteiger partial charge on any atom is 0.0828 e. The van der Waals surface area contributed by atoms with Crippen molar-refractivity contribution in [2.24, 2.45) is 0 Å². The molecule has 0 fully saturated rings. The van der Waals surface area contributed by atoms with E-state index >= 15 is 0 Å². The Labute approximate surface area is 135 Å². The molecule has 0 aliphatic heterocycles. The van der Waals surface area contributed by atoms with E-state index in [9.17, 15) is 5.11 Å². The van der Waals surface area contributed by atoms with Gasteiger partial charge >= 0.3 is 0 Å². The summed E-state index contributed by atoms with van der Waals surface area (Å²) in [5.74, 6) is 0.513. The van der Waals surface area contributed by atoms with Crippen LogP contribution in [-0.2, 0) is 5.54 Å². The first-order chi connectivity index (χ1) is 9.94. The fourth-order valence-corrected chi connectivity index (χ4v) is 2.55. The zero-order valence-electron chi connectivity index (χ0n) is 12.7. The summed E-state index contributed by atoms with van der Waals surface area (Å²) in [6.07, 6.45) is 0. The summed E-state index contributed by atoms with van der Waals surface area (Å²) in [4.78, 5) is 0. The SMILES string of the molecule is CC(C)c1ccc(C(C)(CO)Nc2ccc(Br)cc2)cc1. The third-order valence-corrected chi connectivity index (χ3v) is 4.32. The highest BCUT2D eigenvalue weighted by molar-refractivity contribution is 9.10. The van der Waals surface area contributed by atoms with Crippen molar-refractivity contribution in [2.45, 2.75) is 32.2 Å². The molecule has 0 spiro atoms. The molecule has 0 radical (unpaired) electrons. The molecule has 2 N–H and O–H groups in total. The third-order valence-electron chi connectivity index (χ3n) is 3.80. The normalized spacial score (nSPS) is 14.0. The summed E-state index contributed by atoms with van der Waals surface area (Å²) in [7, 11) is 0. The van der Waals surface area contributed by atoms with E-state index in [2.05, 4.69) is 59.4 Å². The Balaban J connectivity index is 2.25. The molecule has 0 heterocycles. The minimum Gasteiger partial charge on any atom is -0.394 e. The largest absolute Gasteiger partial charge is 0.394 e. The quantitative estimate of drug-likeness (QED) is 0.806. The van der Waals surface area contributed by atoms with Crippen LogP contribution in [0, 0.1) is 0 Å². The van der Waals surface area contributed by atoms with Gasteiger partial charge in [0.1, 0.15) is 0 Å². The first kappa shape index (κ1) is 16.1. The van der Waals surface area contributed by atoms with Gasteiger partial charge < -0.3 is 10.4 Å². The Hall–Kier alpha value is -1.32. The summed E-state index contributed by atoms with van der Waals surface area (Å²) in [5.41, 5.74) is 2.88. The zero-order chi connectivity index (χ0) is 15.5. The van der Waals surface area contributed by atoms with E-state index in [1.54, 1.807) is 0 Å². The molecule has 0 saturated carbocycles. The molecule has 0 bridgehead atoms. The molecular weight excluding hydrogens is 326 g/mol. The molecule has 21 heavy (non-hydrogen) atoms. The summed E-state index contributed by atoms with van der Waals surface area (Å²) >= 11 is 3.43. The molecule has 0 aliphatic carbocycles. The van der Waals surface area contributed by atoms with Gasteiger partial charge in [-0.3, -0.25) is 0 Å². The first-order valence-corrected chi connectivity index (χ1v) is 7.99. The number of nitrogens with one attached hydrogen (secondary N) is 1. The minimum atomic E-state index is -0.497. The number of halogens is 1. The molecule has 2 nitrogen and oxygen atoms in total. The summed E-state index contributed by atoms with van der Waals surface area (Å²) in [5, 5.41) is 13.3. The first-order valence-electron chi connectivity index (χ1n) is 7.19. The molecule has 0 aliphatic rings. The van der Waals surface area contributed by atoms with Crippen molar-refractivity contribution in [1.29, 1.82) is 0 Å². The molecule has 2 aromatic carbocycles. The Morgan fingerprint density at radius 3 is 2.10 bits per heavy atom. The van der Waals surface area contributed by atoms with Crippen LogP contribution in [0.5, 0.6) is 0 Å². The number of benzene rings is 2. The van der Waals surface area contributed by atoms with E-state index in [0.29, 0.717) is 5.92 Å². The van der Waals surface area contributed by atoms with Crippen LogP contribution in [0.4, 0.5) is 5.69 Å². The van der Waals surface area contributed by atoms with Gasteiger partial charge in [0, 0.05) is 10.2 Å². The number of aliphatic hydroxyl groups excluding tert-OH is 1. The van der Waals surface area contributed by atoms with Crippen molar-refractivity contribution in [3.8, 4) is 0 Å². The van der Waals surface area contributed by atoms with Gasteiger partial charge in [0.15, 0.2) is 0 Å². The van der Waals surface area contributed by atoms with Crippen molar-refractivity contribution in [1.82, 2.24) is 0 Å². The molecule has 0 saturated heterocycles. The average Bonchev–Trinajstić information content (AvgIpc) is 2.49. The smallest absolute Gasteiger partial charge is 0.0828 e. The molecule has 3 heteroatoms. The molecule has 0 amide bonds. The van der Waals surface area contributed by atoms with E-state index in [-0.39, 0.29) is 6.61 Å². The standard InChI is InChI=1S/C18H22BrNO/c1-13(2)14-4-6-15(7-5-14)18(3,12-21)20-17-10-8-16(19)9-11-17/h4-11,13,20-21H,12H2,1-3H3. The summed E-state index contributed by atoms with van der Waals surface area (Å²) in [6, 6.07) is 16.4. The van der Waals surface area contributed by atoms with Crippen LogP contribution in [0.15, 0.2) is 53.0 Å². The maximum absolute atomic E-state index is 9.86. The van der Waals surface area contributed by atoms with E-state index in [1.807, 2.05) is 31.2 Å². The fourth-order valence-electron chi connectivity index (χ4n) is 2.29. The molecule has 1 atom stereocenters. The van der Waals surface area contributed by atoms with Crippen molar-refractivity contribution in [3.63, 3.8) is 0 Å². The van der Waals surface area contributed by atoms with Gasteiger partial charge in [-0.15, -0.1) is 0 Å². The van der Waals surface area contributed by atoms with Gasteiger partial charge in [-0.05, 0) is 48.2 Å². The van der Waals surface area contributed by atoms with Crippen LogP contribution in [0.1, 0.15) is 37.8 Å². The third kappa shape index (κ3) is 3.86. The van der Waals surface area contributed by atoms with E-state index in [4.69, 9.17) is 0 Å². The fraction of sp³-hybridized carbons (Fsp3) is 0.333. The van der Waals surface area contributed by atoms with Gasteiger partial charge in [-0.2, -0.15) is 0 Å². The second-order valence-corrected chi connectivity index (χ2v) is 6.81. The molecule has 1 unspecified atom stereocenters. The lowest BCUT2D eigenvalue weighted by molar-refractivity contribution is 0.224. The average molecular weight is 348 g/mol. The molecule has 112 valence electrons. The summed E-state index contributed by atoms with van der Waals surface area (Å²) in [6.45, 7) is 6.41. The summed E-state index contributed by atoms with van der Waals surface area (Å²) < 4.78 is 1.04. The van der Waals surface area contributed by atoms with Crippen molar-refractivity contribution < 1.29 is 5.11 Å². The van der Waals surface area contributed by atoms with E-state index in [0.717, 1.165) is 15.7 Å². The number of hydrogen-bond acceptors (Lipinski definition) is 2. The predicted octanol–water partition coefficient (Wildman–Crippen LogP) is 4.89. The Bertz CT molecular complexity index is 577. The van der Waals surface area contributed by atoms with Crippen LogP contribution in [0.2, 0.25) is 0 Å². The van der Waals surface area contributed by atoms with Gasteiger partial charge in [0.2, 0.25) is 0 Å². The molecule has 0 aromatic heterocycles. The minimum absolute atomic E-state index is 0.0318. The van der Waals surface area contributed by atoms with Gasteiger partial charge in [-0.1, -0.05) is 54.0 Å². The number of rotatable bonds is 5. The van der Waals surface area contributed by atoms with Gasteiger partial charge in [0.05, 0.1) is 12.1 Å². The highest BCUT2D eigenvalue weighted by Gasteiger charge is 2.25. The van der Waals surface area contributed by atoms with Crippen LogP contribution < -0.4 is 5.32 Å². The van der Waals surface area contributed by atoms with Crippen LogP contribution in [0.25, 0.3) is 0 Å². The predicted molar refractivity (Wildman–Crippen MR) is 92.7 cm³/mol. The van der Waals surface area contributed by atoms with Gasteiger partial charge in [0.25, 0.3) is 0 Å². The second-order valence-electron chi connectivity index (χ2n) is 5.90. The van der Waals surface area contributed by atoms with Crippen molar-refractivity contribution in [2.75, 3.05) is 11.9 Å². The number of hydrogen-bond donors (Lipinski definition) is 2.